The maximum Gasteiger partial charge on any atom is 0.260 e. The second-order valence-electron chi connectivity index (χ2n) is 10.4. The van der Waals surface area contributed by atoms with Gasteiger partial charge in [-0.25, -0.2) is 0 Å². The smallest absolute Gasteiger partial charge is 0.260 e. The average Bonchev–Trinajstić information content (AvgIpc) is 3.17. The van der Waals surface area contributed by atoms with Crippen molar-refractivity contribution in [2.75, 3.05) is 33.3 Å². The van der Waals surface area contributed by atoms with Crippen LogP contribution in [0.3, 0.4) is 0 Å². The number of likely N-dealkylation sites (tertiary alicyclic amines) is 1. The maximum atomic E-state index is 12.9. The van der Waals surface area contributed by atoms with Crippen LogP contribution in [0.25, 0.3) is 10.9 Å². The van der Waals surface area contributed by atoms with E-state index in [-0.39, 0.29) is 17.9 Å². The molecule has 5 heteroatoms. The Morgan fingerprint density at radius 1 is 0.941 bits per heavy atom. The molecule has 1 amide bonds. The first-order chi connectivity index (χ1) is 16.5. The molecular weight excluding hydrogens is 422 g/mol. The normalized spacial score (nSPS) is 19.9. The average molecular weight is 460 g/mol. The summed E-state index contributed by atoms with van der Waals surface area (Å²) < 4.78 is 8.27. The number of aromatic nitrogens is 1. The van der Waals surface area contributed by atoms with Crippen molar-refractivity contribution in [1.82, 2.24) is 14.4 Å². The summed E-state index contributed by atoms with van der Waals surface area (Å²) in [6.07, 6.45) is 6.86. The van der Waals surface area contributed by atoms with E-state index in [9.17, 15) is 4.79 Å². The molecule has 3 aromatic rings. The quantitative estimate of drug-likeness (QED) is 0.540. The number of carbonyl (C=O) groups excluding carboxylic acids is 1. The summed E-state index contributed by atoms with van der Waals surface area (Å²) in [5, 5.41) is 1.32. The maximum absolute atomic E-state index is 12.9. The molecule has 1 saturated heterocycles. The fourth-order valence-electron chi connectivity index (χ4n) is 5.91. The lowest BCUT2D eigenvalue weighted by Gasteiger charge is -2.44. The zero-order chi connectivity index (χ0) is 23.5. The van der Waals surface area contributed by atoms with E-state index in [1.54, 1.807) is 0 Å². The van der Waals surface area contributed by atoms with E-state index in [0.29, 0.717) is 0 Å². The Morgan fingerprint density at radius 2 is 1.71 bits per heavy atom. The first kappa shape index (κ1) is 23.0. The largest absolute Gasteiger partial charge is 0.483 e. The molecule has 1 aromatic heterocycles. The number of benzene rings is 2. The van der Waals surface area contributed by atoms with Gasteiger partial charge in [-0.15, -0.1) is 0 Å². The van der Waals surface area contributed by atoms with E-state index in [0.717, 1.165) is 51.2 Å². The third-order valence-electron chi connectivity index (χ3n) is 8.08. The zero-order valence-electron chi connectivity index (χ0n) is 20.6. The van der Waals surface area contributed by atoms with Crippen molar-refractivity contribution >= 4 is 16.8 Å². The van der Waals surface area contributed by atoms with Gasteiger partial charge in [0.25, 0.3) is 5.91 Å². The first-order valence-corrected chi connectivity index (χ1v) is 12.7. The van der Waals surface area contributed by atoms with E-state index < -0.39 is 0 Å². The number of hydrogen-bond acceptors (Lipinski definition) is 3. The number of aryl methyl sites for hydroxylation is 2. The predicted molar refractivity (Wildman–Crippen MR) is 137 cm³/mol. The van der Waals surface area contributed by atoms with E-state index in [4.69, 9.17) is 4.74 Å². The van der Waals surface area contributed by atoms with Gasteiger partial charge >= 0.3 is 0 Å². The molecule has 0 bridgehead atoms. The van der Waals surface area contributed by atoms with Crippen LogP contribution < -0.4 is 4.74 Å². The van der Waals surface area contributed by atoms with Gasteiger partial charge in [-0.2, -0.15) is 0 Å². The second-order valence-corrected chi connectivity index (χ2v) is 10.4. The summed E-state index contributed by atoms with van der Waals surface area (Å²) in [7, 11) is 4.13. The number of ether oxygens (including phenoxy) is 1. The van der Waals surface area contributed by atoms with Crippen molar-refractivity contribution in [1.29, 1.82) is 0 Å². The molecule has 2 aliphatic rings. The Kier molecular flexibility index (Phi) is 6.64. The van der Waals surface area contributed by atoms with Crippen molar-refractivity contribution < 1.29 is 9.53 Å². The van der Waals surface area contributed by atoms with Gasteiger partial charge < -0.3 is 14.2 Å². The van der Waals surface area contributed by atoms with E-state index in [1.165, 1.54) is 41.4 Å². The predicted octanol–water partition coefficient (Wildman–Crippen LogP) is 5.02. The highest BCUT2D eigenvalue weighted by atomic mass is 16.5. The lowest BCUT2D eigenvalue weighted by Crippen LogP contribution is -2.47. The van der Waals surface area contributed by atoms with Crippen LogP contribution in [0.1, 0.15) is 43.4 Å². The number of hydrogen-bond donors (Lipinski definition) is 0. The Morgan fingerprint density at radius 3 is 2.53 bits per heavy atom. The Balaban J connectivity index is 1.26. The summed E-state index contributed by atoms with van der Waals surface area (Å²) >= 11 is 0. The van der Waals surface area contributed by atoms with Gasteiger partial charge in [0, 0.05) is 38.4 Å². The fraction of sp³-hybridized carbons (Fsp3) is 0.483. The summed E-state index contributed by atoms with van der Waals surface area (Å²) in [5.74, 6) is 0.939. The van der Waals surface area contributed by atoms with Crippen LogP contribution >= 0.6 is 0 Å². The molecule has 0 unspecified atom stereocenters. The Hall–Kier alpha value is -2.79. The molecule has 0 radical (unpaired) electrons. The number of fused-ring (bicyclic) bond motifs is 2. The van der Waals surface area contributed by atoms with Gasteiger partial charge in [0.05, 0.1) is 0 Å². The van der Waals surface area contributed by atoms with Crippen molar-refractivity contribution in [2.45, 2.75) is 45.1 Å². The van der Waals surface area contributed by atoms with E-state index in [1.807, 2.05) is 24.1 Å². The van der Waals surface area contributed by atoms with Crippen LogP contribution in [0, 0.1) is 5.41 Å². The molecular formula is C29H37N3O2. The number of amides is 1. The Labute approximate surface area is 203 Å². The molecule has 0 saturated carbocycles. The molecule has 3 heterocycles. The minimum Gasteiger partial charge on any atom is -0.483 e. The first-order valence-electron chi connectivity index (χ1n) is 12.7. The third kappa shape index (κ3) is 4.85. The topological polar surface area (TPSA) is 37.7 Å². The highest BCUT2D eigenvalue weighted by Gasteiger charge is 2.36. The van der Waals surface area contributed by atoms with Gasteiger partial charge in [0.2, 0.25) is 0 Å². The number of rotatable bonds is 2. The van der Waals surface area contributed by atoms with Gasteiger partial charge in [-0.3, -0.25) is 9.69 Å². The monoisotopic (exact) mass is 459 g/mol. The number of nitrogens with zero attached hydrogens (tertiary/aromatic N) is 3. The molecule has 5 nitrogen and oxygen atoms in total. The number of piperidine rings is 1. The lowest BCUT2D eigenvalue weighted by atomic mass is 9.73. The minimum absolute atomic E-state index is 0.0766. The molecule has 0 atom stereocenters. The van der Waals surface area contributed by atoms with E-state index in [2.05, 4.69) is 59.0 Å². The molecule has 0 aliphatic carbocycles. The highest BCUT2D eigenvalue weighted by molar-refractivity contribution is 5.81. The van der Waals surface area contributed by atoms with Crippen molar-refractivity contribution in [3.05, 3.63) is 65.9 Å². The zero-order valence-corrected chi connectivity index (χ0v) is 20.6. The van der Waals surface area contributed by atoms with Gasteiger partial charge in [0.1, 0.15) is 5.75 Å². The Bertz CT molecular complexity index is 1140. The number of carbonyl (C=O) groups is 1. The van der Waals surface area contributed by atoms with Crippen molar-refractivity contribution in [3.8, 4) is 5.75 Å². The summed E-state index contributed by atoms with van der Waals surface area (Å²) in [6, 6.07) is 19.1. The highest BCUT2D eigenvalue weighted by Crippen LogP contribution is 2.38. The molecule has 180 valence electrons. The second kappa shape index (κ2) is 9.83. The molecule has 1 spiro atoms. The minimum atomic E-state index is 0.0766. The van der Waals surface area contributed by atoms with Crippen LogP contribution in [0.15, 0.2) is 54.6 Å². The molecule has 5 rings (SSSR count). The number of likely N-dealkylation sites (N-methyl/N-ethyl adjacent to an activating group) is 1. The van der Waals surface area contributed by atoms with Crippen molar-refractivity contribution in [3.63, 3.8) is 0 Å². The van der Waals surface area contributed by atoms with Crippen molar-refractivity contribution in [2.24, 2.45) is 12.5 Å². The number of para-hydroxylation sites is 2. The van der Waals surface area contributed by atoms with E-state index >= 15 is 0 Å². The summed E-state index contributed by atoms with van der Waals surface area (Å²) in [6.45, 7) is 4.11. The molecule has 0 N–H and O–H groups in total. The van der Waals surface area contributed by atoms with Gasteiger partial charge in [-0.1, -0.05) is 42.8 Å². The third-order valence-corrected chi connectivity index (χ3v) is 8.08. The lowest BCUT2D eigenvalue weighted by molar-refractivity contribution is -0.134. The fourth-order valence-corrected chi connectivity index (χ4v) is 5.91. The van der Waals surface area contributed by atoms with Crippen LogP contribution in [0.5, 0.6) is 5.75 Å². The van der Waals surface area contributed by atoms with Gasteiger partial charge in [0.15, 0.2) is 6.61 Å². The van der Waals surface area contributed by atoms with Crippen LogP contribution in [0.2, 0.25) is 0 Å². The molecule has 2 aromatic carbocycles. The summed E-state index contributed by atoms with van der Waals surface area (Å²) in [4.78, 5) is 17.4. The van der Waals surface area contributed by atoms with Crippen LogP contribution in [0.4, 0.5) is 0 Å². The van der Waals surface area contributed by atoms with Crippen LogP contribution in [-0.2, 0) is 24.8 Å². The standard InChI is InChI=1S/C29H37N3O2/c1-30-22-29(14-8-7-10-23-9-4-6-13-27(23)34-21-28(30)33)15-17-32(18-16-29)20-25-19-24-11-3-5-12-26(24)31(25)2/h3-6,9,11-13,19H,7-8,10,14-18,20-22H2,1-2H3. The van der Waals surface area contributed by atoms with Gasteiger partial charge in [-0.05, 0) is 79.8 Å². The molecule has 1 fully saturated rings. The summed E-state index contributed by atoms with van der Waals surface area (Å²) in [5.41, 5.74) is 4.10. The SMILES string of the molecule is CN1CC2(CCCCc3ccccc3OCC1=O)CCN(Cc1cc3ccccc3n1C)CC2. The molecule has 2 aliphatic heterocycles. The van der Waals surface area contributed by atoms with Crippen LogP contribution in [-0.4, -0.2) is 53.6 Å². The molecule has 34 heavy (non-hydrogen) atoms.